The molecule has 49 heavy (non-hydrogen) atoms. The topological polar surface area (TPSA) is 87.6 Å². The summed E-state index contributed by atoms with van der Waals surface area (Å²) in [4.78, 5) is 22.7. The zero-order valence-electron chi connectivity index (χ0n) is 25.4. The van der Waals surface area contributed by atoms with Crippen molar-refractivity contribution >= 4 is 17.7 Å². The Bertz CT molecular complexity index is 1780. The Balaban J connectivity index is 1.48. The van der Waals surface area contributed by atoms with E-state index in [2.05, 4.69) is 15.3 Å². The standard InChI is InChI=1S/C33H27F9N4O3/c1-2-23-15-25(24-14-20(31(34,35)36)8-9-27(24)46(23)30(48)49-17-18-6-4-3-5-7-18)44-29-43-16-28(47)26(45-29)12-19-10-21(32(37,38)39)13-22(11-19)33(40,41)42/h3-11,13-14,16,23,25,47H,2,12,15,17H2,1H3,(H,43,44,45)/t23-,25+/m1/s1. The summed E-state index contributed by atoms with van der Waals surface area (Å²) in [5.74, 6) is -0.919. The highest BCUT2D eigenvalue weighted by Crippen LogP contribution is 2.43. The smallest absolute Gasteiger partial charge is 0.416 e. The van der Waals surface area contributed by atoms with E-state index >= 15 is 0 Å². The SMILES string of the molecule is CC[C@@H]1C[C@H](Nc2ncc(O)c(Cc3cc(C(F)(F)F)cc(C(F)(F)F)c3)n2)c2cc(C(F)(F)F)ccc2N1C(=O)OCc1ccccc1. The van der Waals surface area contributed by atoms with E-state index in [0.29, 0.717) is 24.1 Å². The van der Waals surface area contributed by atoms with Crippen LogP contribution in [0.1, 0.15) is 64.9 Å². The van der Waals surface area contributed by atoms with E-state index in [-0.39, 0.29) is 42.0 Å². The molecule has 0 radical (unpaired) electrons. The molecule has 0 bridgehead atoms. The number of ether oxygens (including phenoxy) is 1. The van der Waals surface area contributed by atoms with Crippen LogP contribution in [0.3, 0.4) is 0 Å². The quantitative estimate of drug-likeness (QED) is 0.187. The van der Waals surface area contributed by atoms with Crippen molar-refractivity contribution in [3.8, 4) is 5.75 Å². The Morgan fingerprint density at radius 3 is 2.10 bits per heavy atom. The van der Waals surface area contributed by atoms with Gasteiger partial charge < -0.3 is 15.2 Å². The lowest BCUT2D eigenvalue weighted by molar-refractivity contribution is -0.143. The van der Waals surface area contributed by atoms with Gasteiger partial charge in [0.15, 0.2) is 5.75 Å². The molecule has 1 aliphatic rings. The van der Waals surface area contributed by atoms with Crippen LogP contribution < -0.4 is 10.2 Å². The number of nitrogens with one attached hydrogen (secondary N) is 1. The maximum Gasteiger partial charge on any atom is 0.416 e. The fraction of sp³-hybridized carbons (Fsp3) is 0.303. The van der Waals surface area contributed by atoms with Gasteiger partial charge in [-0.2, -0.15) is 39.5 Å². The first-order valence-electron chi connectivity index (χ1n) is 14.7. The highest BCUT2D eigenvalue weighted by Gasteiger charge is 2.40. The molecule has 0 unspecified atom stereocenters. The number of rotatable bonds is 7. The van der Waals surface area contributed by atoms with E-state index in [0.717, 1.165) is 24.4 Å². The third-order valence-corrected chi connectivity index (χ3v) is 7.90. The molecule has 7 nitrogen and oxygen atoms in total. The van der Waals surface area contributed by atoms with Gasteiger partial charge in [0.2, 0.25) is 5.95 Å². The number of aromatic nitrogens is 2. The fourth-order valence-electron chi connectivity index (χ4n) is 5.53. The molecule has 1 aromatic heterocycles. The predicted octanol–water partition coefficient (Wildman–Crippen LogP) is 9.31. The van der Waals surface area contributed by atoms with Crippen molar-refractivity contribution < 1.29 is 54.2 Å². The number of anilines is 2. The molecule has 4 aromatic rings. The normalized spacial score (nSPS) is 16.7. The van der Waals surface area contributed by atoms with Crippen molar-refractivity contribution in [2.75, 3.05) is 10.2 Å². The summed E-state index contributed by atoms with van der Waals surface area (Å²) in [6.07, 6.45) is -15.2. The first-order valence-corrected chi connectivity index (χ1v) is 14.7. The Morgan fingerprint density at radius 1 is 0.878 bits per heavy atom. The van der Waals surface area contributed by atoms with Gasteiger partial charge in [0, 0.05) is 12.5 Å². The second-order valence-electron chi connectivity index (χ2n) is 11.3. The van der Waals surface area contributed by atoms with Crippen LogP contribution in [0, 0.1) is 0 Å². The predicted molar refractivity (Wildman–Crippen MR) is 159 cm³/mol. The van der Waals surface area contributed by atoms with E-state index < -0.39 is 71.1 Å². The van der Waals surface area contributed by atoms with Gasteiger partial charge in [-0.15, -0.1) is 0 Å². The lowest BCUT2D eigenvalue weighted by Crippen LogP contribution is -2.46. The minimum Gasteiger partial charge on any atom is -0.504 e. The third kappa shape index (κ3) is 8.17. The molecule has 2 N–H and O–H groups in total. The summed E-state index contributed by atoms with van der Waals surface area (Å²) in [5, 5.41) is 13.3. The molecule has 16 heteroatoms. The van der Waals surface area contributed by atoms with Crippen LogP contribution in [0.4, 0.5) is 55.9 Å². The molecule has 0 saturated carbocycles. The Kier molecular flexibility index (Phi) is 9.70. The lowest BCUT2D eigenvalue weighted by Gasteiger charge is -2.40. The minimum atomic E-state index is -5.10. The number of alkyl halides is 9. The molecule has 260 valence electrons. The van der Waals surface area contributed by atoms with E-state index in [4.69, 9.17) is 4.74 Å². The highest BCUT2D eigenvalue weighted by atomic mass is 19.4. The molecule has 5 rings (SSSR count). The number of halogens is 9. The van der Waals surface area contributed by atoms with Crippen LogP contribution in [0.15, 0.2) is 72.9 Å². The van der Waals surface area contributed by atoms with Gasteiger partial charge in [0.25, 0.3) is 0 Å². The first-order chi connectivity index (χ1) is 22.9. The van der Waals surface area contributed by atoms with Crippen molar-refractivity contribution in [2.24, 2.45) is 0 Å². The summed E-state index contributed by atoms with van der Waals surface area (Å²) in [6, 6.07) is 11.0. The van der Waals surface area contributed by atoms with Crippen molar-refractivity contribution in [3.05, 3.63) is 112 Å². The summed E-state index contributed by atoms with van der Waals surface area (Å²) in [6.45, 7) is 1.67. The van der Waals surface area contributed by atoms with E-state index in [1.54, 1.807) is 37.3 Å². The Morgan fingerprint density at radius 2 is 1.51 bits per heavy atom. The molecule has 0 aliphatic carbocycles. The molecule has 1 amide bonds. The van der Waals surface area contributed by atoms with Crippen LogP contribution in [-0.4, -0.2) is 27.2 Å². The van der Waals surface area contributed by atoms with Gasteiger partial charge in [-0.25, -0.2) is 14.8 Å². The summed E-state index contributed by atoms with van der Waals surface area (Å²) < 4.78 is 127. The maximum absolute atomic E-state index is 13.8. The van der Waals surface area contributed by atoms with E-state index in [1.807, 2.05) is 0 Å². The number of fused-ring (bicyclic) bond motifs is 1. The average molecular weight is 699 g/mol. The van der Waals surface area contributed by atoms with Crippen molar-refractivity contribution in [2.45, 2.75) is 63.4 Å². The van der Waals surface area contributed by atoms with Crippen molar-refractivity contribution in [1.82, 2.24) is 9.97 Å². The van der Waals surface area contributed by atoms with Gasteiger partial charge in [-0.1, -0.05) is 37.3 Å². The number of benzene rings is 3. The second kappa shape index (κ2) is 13.5. The summed E-state index contributed by atoms with van der Waals surface area (Å²) >= 11 is 0. The zero-order chi connectivity index (χ0) is 35.7. The molecule has 3 aromatic carbocycles. The van der Waals surface area contributed by atoms with Crippen LogP contribution in [0.25, 0.3) is 0 Å². The van der Waals surface area contributed by atoms with Gasteiger partial charge >= 0.3 is 24.6 Å². The summed E-state index contributed by atoms with van der Waals surface area (Å²) in [5.41, 5.74) is -4.09. The first kappa shape index (κ1) is 35.3. The number of carbonyl (C=O) groups excluding carboxylic acids is 1. The van der Waals surface area contributed by atoms with Gasteiger partial charge in [-0.05, 0) is 65.9 Å². The zero-order valence-corrected chi connectivity index (χ0v) is 25.4. The second-order valence-corrected chi connectivity index (χ2v) is 11.3. The molecule has 2 atom stereocenters. The Hall–Kier alpha value is -5.02. The fourth-order valence-corrected chi connectivity index (χ4v) is 5.53. The monoisotopic (exact) mass is 698 g/mol. The van der Waals surface area contributed by atoms with Gasteiger partial charge in [-0.3, -0.25) is 4.90 Å². The van der Waals surface area contributed by atoms with Crippen molar-refractivity contribution in [3.63, 3.8) is 0 Å². The summed E-state index contributed by atoms with van der Waals surface area (Å²) in [7, 11) is 0. The molecule has 2 heterocycles. The van der Waals surface area contributed by atoms with E-state index in [9.17, 15) is 49.4 Å². The highest BCUT2D eigenvalue weighted by molar-refractivity contribution is 5.90. The average Bonchev–Trinajstić information content (AvgIpc) is 3.03. The van der Waals surface area contributed by atoms with Gasteiger partial charge in [0.1, 0.15) is 6.61 Å². The number of hydrogen-bond donors (Lipinski definition) is 2. The van der Waals surface area contributed by atoms with Crippen LogP contribution in [0.5, 0.6) is 5.75 Å². The molecular weight excluding hydrogens is 671 g/mol. The van der Waals surface area contributed by atoms with Crippen LogP contribution in [-0.2, 0) is 36.3 Å². The van der Waals surface area contributed by atoms with Gasteiger partial charge in [0.05, 0.1) is 40.3 Å². The van der Waals surface area contributed by atoms with Crippen LogP contribution >= 0.6 is 0 Å². The molecule has 0 fully saturated rings. The number of aromatic hydroxyl groups is 1. The Labute approximate surface area is 273 Å². The van der Waals surface area contributed by atoms with Crippen molar-refractivity contribution in [1.29, 1.82) is 0 Å². The molecule has 1 aliphatic heterocycles. The number of nitrogens with zero attached hydrogens (tertiary/aromatic N) is 3. The third-order valence-electron chi connectivity index (χ3n) is 7.90. The maximum atomic E-state index is 13.8. The number of amides is 1. The van der Waals surface area contributed by atoms with E-state index in [1.165, 1.54) is 4.90 Å². The largest absolute Gasteiger partial charge is 0.504 e. The number of hydrogen-bond acceptors (Lipinski definition) is 6. The number of carbonyl (C=O) groups is 1. The molecule has 0 saturated heterocycles. The molecule has 0 spiro atoms. The van der Waals surface area contributed by atoms with Crippen LogP contribution in [0.2, 0.25) is 0 Å². The lowest BCUT2D eigenvalue weighted by atomic mass is 9.89. The minimum absolute atomic E-state index is 0.0297. The molecular formula is C33H27F9N4O3.